The lowest BCUT2D eigenvalue weighted by molar-refractivity contribution is -0.870. The van der Waals surface area contributed by atoms with Crippen LogP contribution >= 0.6 is 7.82 Å². The Kier molecular flexibility index (Phi) is 31.2. The second-order valence-electron chi connectivity index (χ2n) is 14.7. The first-order valence-corrected chi connectivity index (χ1v) is 21.2. The summed E-state index contributed by atoms with van der Waals surface area (Å²) in [6.07, 6.45) is 35.3. The van der Waals surface area contributed by atoms with Crippen molar-refractivity contribution in [1.82, 2.24) is 5.32 Å². The molecule has 0 aromatic heterocycles. The van der Waals surface area contributed by atoms with Gasteiger partial charge in [0.2, 0.25) is 5.91 Å². The van der Waals surface area contributed by atoms with E-state index >= 15 is 0 Å². The first-order valence-electron chi connectivity index (χ1n) is 19.7. The number of unbranched alkanes of at least 4 members (excludes halogenated alkanes) is 20. The maximum absolute atomic E-state index is 12.8. The molecule has 0 fully saturated rings. The topological polar surface area (TPSA) is 105 Å². The van der Waals surface area contributed by atoms with Crippen LogP contribution in [0.25, 0.3) is 0 Å². The lowest BCUT2D eigenvalue weighted by Crippen LogP contribution is -2.45. The lowest BCUT2D eigenvalue weighted by Gasteiger charge is -2.25. The molecule has 3 N–H and O–H groups in total. The number of amides is 1. The van der Waals surface area contributed by atoms with E-state index in [1.807, 2.05) is 27.2 Å². The third-order valence-electron chi connectivity index (χ3n) is 8.67. The smallest absolute Gasteiger partial charge is 0.387 e. The predicted octanol–water partition coefficient (Wildman–Crippen LogP) is 10.2. The van der Waals surface area contributed by atoms with E-state index in [4.69, 9.17) is 9.05 Å². The van der Waals surface area contributed by atoms with Gasteiger partial charge in [0.1, 0.15) is 13.2 Å². The van der Waals surface area contributed by atoms with E-state index in [2.05, 4.69) is 31.3 Å². The van der Waals surface area contributed by atoms with Crippen molar-refractivity contribution in [3.8, 4) is 0 Å². The zero-order valence-corrected chi connectivity index (χ0v) is 32.9. The first kappa shape index (κ1) is 47.0. The number of phosphoric acid groups is 1. The van der Waals surface area contributed by atoms with E-state index in [-0.39, 0.29) is 19.1 Å². The van der Waals surface area contributed by atoms with Crippen molar-refractivity contribution in [3.05, 3.63) is 24.3 Å². The Bertz CT molecular complexity index is 845. The highest BCUT2D eigenvalue weighted by atomic mass is 31.2. The minimum Gasteiger partial charge on any atom is -0.387 e. The van der Waals surface area contributed by atoms with Crippen LogP contribution in [-0.4, -0.2) is 73.4 Å². The SMILES string of the molecule is CCCCCCC/C=C/CC/C=C/C(O)C(COP(=O)(O)OCC[N+](C)(C)C)NC(=O)CCCCCCCCCCCCCCCCC. The Morgan fingerprint density at radius 3 is 1.67 bits per heavy atom. The molecule has 0 aliphatic heterocycles. The van der Waals surface area contributed by atoms with Crippen molar-refractivity contribution in [2.45, 2.75) is 180 Å². The fraction of sp³-hybridized carbons (Fsp3) is 0.872. The average Bonchev–Trinajstić information content (AvgIpc) is 3.02. The standard InChI is InChI=1S/C39H77N2O6P/c1-6-8-10-12-14-16-18-19-20-21-23-25-27-29-31-33-39(43)40-37(36-47-48(44,45)46-35-34-41(3,4)5)38(42)32-30-28-26-24-22-17-15-13-11-9-7-2/h22,24,30,32,37-38,42H,6-21,23,25-29,31,33-36H2,1-5H3,(H-,40,43,44,45)/p+1/b24-22+,32-30+. The molecule has 3 unspecified atom stereocenters. The molecule has 1 amide bonds. The molecular formula is C39H78N2O6P+. The highest BCUT2D eigenvalue weighted by Gasteiger charge is 2.27. The fourth-order valence-electron chi connectivity index (χ4n) is 5.47. The summed E-state index contributed by atoms with van der Waals surface area (Å²) in [6, 6.07) is -0.855. The summed E-state index contributed by atoms with van der Waals surface area (Å²) in [7, 11) is 1.56. The molecule has 8 nitrogen and oxygen atoms in total. The summed E-state index contributed by atoms with van der Waals surface area (Å²) < 4.78 is 23.4. The maximum Gasteiger partial charge on any atom is 0.472 e. The summed E-state index contributed by atoms with van der Waals surface area (Å²) >= 11 is 0. The summed E-state index contributed by atoms with van der Waals surface area (Å²) in [5.74, 6) is -0.189. The van der Waals surface area contributed by atoms with Crippen LogP contribution < -0.4 is 5.32 Å². The summed E-state index contributed by atoms with van der Waals surface area (Å²) in [6.45, 7) is 4.75. The molecule has 0 aromatic carbocycles. The van der Waals surface area contributed by atoms with Crippen LogP contribution in [0, 0.1) is 0 Å². The molecule has 0 saturated heterocycles. The molecule has 0 spiro atoms. The Morgan fingerprint density at radius 1 is 0.688 bits per heavy atom. The van der Waals surface area contributed by atoms with Crippen LogP contribution in [0.4, 0.5) is 0 Å². The van der Waals surface area contributed by atoms with Crippen molar-refractivity contribution in [1.29, 1.82) is 0 Å². The number of carbonyl (C=O) groups excluding carboxylic acids is 1. The predicted molar refractivity (Wildman–Crippen MR) is 203 cm³/mol. The normalized spacial score (nSPS) is 14.9. The Hall–Kier alpha value is -1.02. The third-order valence-corrected chi connectivity index (χ3v) is 9.66. The summed E-state index contributed by atoms with van der Waals surface area (Å²) in [5, 5.41) is 13.7. The number of likely N-dealkylation sites (N-methyl/N-ethyl adjacent to an activating group) is 1. The molecule has 0 heterocycles. The second-order valence-corrected chi connectivity index (χ2v) is 16.1. The van der Waals surface area contributed by atoms with Crippen LogP contribution in [0.2, 0.25) is 0 Å². The number of quaternary nitrogens is 1. The fourth-order valence-corrected chi connectivity index (χ4v) is 6.20. The van der Waals surface area contributed by atoms with Crippen LogP contribution in [0.5, 0.6) is 0 Å². The van der Waals surface area contributed by atoms with E-state index < -0.39 is 20.0 Å². The Labute approximate surface area is 296 Å². The van der Waals surface area contributed by atoms with E-state index in [1.54, 1.807) is 6.08 Å². The number of rotatable bonds is 35. The zero-order chi connectivity index (χ0) is 35.8. The minimum absolute atomic E-state index is 0.0577. The molecule has 0 aromatic rings. The number of allylic oxidation sites excluding steroid dienone is 3. The van der Waals surface area contributed by atoms with Crippen molar-refractivity contribution >= 4 is 13.7 Å². The molecule has 0 aliphatic rings. The molecule has 48 heavy (non-hydrogen) atoms. The highest BCUT2D eigenvalue weighted by molar-refractivity contribution is 7.47. The van der Waals surface area contributed by atoms with Gasteiger partial charge in [-0.2, -0.15) is 0 Å². The molecule has 0 bridgehead atoms. The van der Waals surface area contributed by atoms with Gasteiger partial charge in [-0.25, -0.2) is 4.57 Å². The number of nitrogens with zero attached hydrogens (tertiary/aromatic N) is 1. The zero-order valence-electron chi connectivity index (χ0n) is 32.0. The van der Waals surface area contributed by atoms with Gasteiger partial charge < -0.3 is 19.8 Å². The van der Waals surface area contributed by atoms with Gasteiger partial charge in [-0.1, -0.05) is 154 Å². The Balaban J connectivity index is 4.51. The monoisotopic (exact) mass is 702 g/mol. The molecule has 0 rings (SSSR count). The summed E-state index contributed by atoms with van der Waals surface area (Å²) in [5.41, 5.74) is 0. The number of carbonyl (C=O) groups is 1. The molecule has 284 valence electrons. The van der Waals surface area contributed by atoms with Gasteiger partial charge in [0, 0.05) is 6.42 Å². The van der Waals surface area contributed by atoms with Gasteiger partial charge in [-0.05, 0) is 32.1 Å². The van der Waals surface area contributed by atoms with Gasteiger partial charge in [-0.15, -0.1) is 0 Å². The van der Waals surface area contributed by atoms with Crippen molar-refractivity contribution < 1.29 is 32.9 Å². The van der Waals surface area contributed by atoms with Crippen LogP contribution in [0.15, 0.2) is 24.3 Å². The van der Waals surface area contributed by atoms with Crippen molar-refractivity contribution in [2.75, 3.05) is 40.9 Å². The van der Waals surface area contributed by atoms with Gasteiger partial charge in [0.05, 0.1) is 39.9 Å². The molecule has 0 radical (unpaired) electrons. The number of aliphatic hydroxyl groups excluding tert-OH is 1. The average molecular weight is 702 g/mol. The van der Waals surface area contributed by atoms with E-state index in [0.29, 0.717) is 17.4 Å². The Morgan fingerprint density at radius 2 is 1.15 bits per heavy atom. The number of hydrogen-bond acceptors (Lipinski definition) is 5. The molecule has 0 saturated carbocycles. The first-order chi connectivity index (χ1) is 23.0. The highest BCUT2D eigenvalue weighted by Crippen LogP contribution is 2.43. The largest absolute Gasteiger partial charge is 0.472 e. The summed E-state index contributed by atoms with van der Waals surface area (Å²) in [4.78, 5) is 23.0. The molecule has 9 heteroatoms. The van der Waals surface area contributed by atoms with Crippen molar-refractivity contribution in [2.24, 2.45) is 0 Å². The maximum atomic E-state index is 12.8. The minimum atomic E-state index is -4.33. The molecule has 0 aliphatic carbocycles. The van der Waals surface area contributed by atoms with E-state index in [0.717, 1.165) is 38.5 Å². The van der Waals surface area contributed by atoms with Crippen LogP contribution in [0.3, 0.4) is 0 Å². The van der Waals surface area contributed by atoms with Crippen LogP contribution in [0.1, 0.15) is 168 Å². The van der Waals surface area contributed by atoms with Gasteiger partial charge >= 0.3 is 7.82 Å². The number of aliphatic hydroxyl groups is 1. The van der Waals surface area contributed by atoms with Crippen LogP contribution in [-0.2, 0) is 18.4 Å². The van der Waals surface area contributed by atoms with E-state index in [9.17, 15) is 19.4 Å². The molecule has 3 atom stereocenters. The quantitative estimate of drug-likeness (QED) is 0.0263. The number of hydrogen-bond donors (Lipinski definition) is 3. The van der Waals surface area contributed by atoms with Crippen molar-refractivity contribution in [3.63, 3.8) is 0 Å². The van der Waals surface area contributed by atoms with Gasteiger partial charge in [-0.3, -0.25) is 13.8 Å². The van der Waals surface area contributed by atoms with Gasteiger partial charge in [0.15, 0.2) is 0 Å². The number of phosphoric ester groups is 1. The second kappa shape index (κ2) is 31.9. The third kappa shape index (κ3) is 33.5. The lowest BCUT2D eigenvalue weighted by atomic mass is 10.0. The van der Waals surface area contributed by atoms with Gasteiger partial charge in [0.25, 0.3) is 0 Å². The number of nitrogens with one attached hydrogen (secondary N) is 1. The van der Waals surface area contributed by atoms with E-state index in [1.165, 1.54) is 109 Å². The molecular weight excluding hydrogens is 623 g/mol.